The molecule has 0 atom stereocenters. The molecule has 0 spiro atoms. The molecule has 1 saturated heterocycles. The fourth-order valence-corrected chi connectivity index (χ4v) is 4.47. The van der Waals surface area contributed by atoms with E-state index in [9.17, 15) is 0 Å². The van der Waals surface area contributed by atoms with Gasteiger partial charge in [0.15, 0.2) is 0 Å². The van der Waals surface area contributed by atoms with Gasteiger partial charge in [-0.3, -0.25) is 4.98 Å². The van der Waals surface area contributed by atoms with E-state index in [1.165, 1.54) is 59.9 Å². The maximum atomic E-state index is 4.56. The highest BCUT2D eigenvalue weighted by atomic mass is 15.1. The van der Waals surface area contributed by atoms with Gasteiger partial charge in [0, 0.05) is 59.3 Å². The molecule has 1 fully saturated rings. The van der Waals surface area contributed by atoms with Crippen molar-refractivity contribution in [2.75, 3.05) is 19.6 Å². The van der Waals surface area contributed by atoms with E-state index < -0.39 is 0 Å². The van der Waals surface area contributed by atoms with Gasteiger partial charge in [0.05, 0.1) is 0 Å². The molecule has 2 aromatic carbocycles. The molecule has 3 nitrogen and oxygen atoms in total. The molecule has 0 radical (unpaired) electrons. The van der Waals surface area contributed by atoms with E-state index in [2.05, 4.69) is 81.3 Å². The van der Waals surface area contributed by atoms with Crippen LogP contribution >= 0.6 is 0 Å². The number of aromatic nitrogens is 2. The van der Waals surface area contributed by atoms with Gasteiger partial charge in [-0.1, -0.05) is 55.0 Å². The molecule has 0 amide bonds. The Balaban J connectivity index is 1.49. The number of hydrogen-bond acceptors (Lipinski definition) is 2. The average Bonchev–Trinajstić information content (AvgIpc) is 3.18. The lowest BCUT2D eigenvalue weighted by molar-refractivity contribution is 0.222. The third-order valence-corrected chi connectivity index (χ3v) is 6.05. The van der Waals surface area contributed by atoms with Gasteiger partial charge in [-0.15, -0.1) is 0 Å². The smallest absolute Gasteiger partial charge is 0.0487 e. The van der Waals surface area contributed by atoms with Gasteiger partial charge in [-0.2, -0.15) is 0 Å². The summed E-state index contributed by atoms with van der Waals surface area (Å²) in [5, 5.41) is 1.30. The molecule has 0 aliphatic carbocycles. The Morgan fingerprint density at radius 1 is 0.724 bits per heavy atom. The van der Waals surface area contributed by atoms with Gasteiger partial charge in [-0.25, -0.2) is 0 Å². The lowest BCUT2D eigenvalue weighted by atomic mass is 10.0. The molecule has 0 saturated carbocycles. The van der Waals surface area contributed by atoms with Crippen LogP contribution in [0.25, 0.3) is 33.2 Å². The Bertz CT molecular complexity index is 1090. The van der Waals surface area contributed by atoms with Crippen LogP contribution in [0.4, 0.5) is 0 Å². The zero-order chi connectivity index (χ0) is 19.5. The molecular formula is C26H27N3. The Morgan fingerprint density at radius 2 is 1.48 bits per heavy atom. The van der Waals surface area contributed by atoms with E-state index in [0.717, 1.165) is 18.7 Å². The van der Waals surface area contributed by atoms with Crippen LogP contribution in [0.15, 0.2) is 79.3 Å². The molecule has 2 aromatic heterocycles. The fourth-order valence-electron chi connectivity index (χ4n) is 4.47. The molecule has 3 heterocycles. The third kappa shape index (κ3) is 3.83. The van der Waals surface area contributed by atoms with Crippen LogP contribution in [0, 0.1) is 0 Å². The highest BCUT2D eigenvalue weighted by molar-refractivity contribution is 5.96. The maximum absolute atomic E-state index is 4.56. The highest BCUT2D eigenvalue weighted by Gasteiger charge is 2.14. The van der Waals surface area contributed by atoms with E-state index in [4.69, 9.17) is 0 Å². The normalized spacial score (nSPS) is 15.0. The van der Waals surface area contributed by atoms with Crippen LogP contribution in [-0.4, -0.2) is 34.1 Å². The molecule has 0 unspecified atom stereocenters. The lowest BCUT2D eigenvalue weighted by Gasteiger charge is -2.26. The maximum Gasteiger partial charge on any atom is 0.0487 e. The predicted octanol–water partition coefficient (Wildman–Crippen LogP) is 5.86. The number of fused-ring (bicyclic) bond motifs is 1. The summed E-state index contributed by atoms with van der Waals surface area (Å²) >= 11 is 0. The van der Waals surface area contributed by atoms with Gasteiger partial charge >= 0.3 is 0 Å². The van der Waals surface area contributed by atoms with Gasteiger partial charge < -0.3 is 9.47 Å². The number of likely N-dealkylation sites (tertiary alicyclic amines) is 1. The second-order valence-electron chi connectivity index (χ2n) is 7.98. The van der Waals surface area contributed by atoms with Crippen LogP contribution in [0.1, 0.15) is 19.3 Å². The minimum absolute atomic E-state index is 1.03. The number of piperidine rings is 1. The number of para-hydroxylation sites is 1. The summed E-state index contributed by atoms with van der Waals surface area (Å²) < 4.78 is 2.43. The van der Waals surface area contributed by atoms with Crippen molar-refractivity contribution in [1.82, 2.24) is 14.5 Å². The Hall–Kier alpha value is -2.91. The second kappa shape index (κ2) is 8.22. The minimum Gasteiger partial charge on any atom is -0.346 e. The number of nitrogens with zero attached hydrogens (tertiary/aromatic N) is 3. The Labute approximate surface area is 172 Å². The first-order chi connectivity index (χ1) is 14.4. The summed E-state index contributed by atoms with van der Waals surface area (Å²) in [4.78, 5) is 7.16. The molecule has 0 bridgehead atoms. The number of benzene rings is 2. The van der Waals surface area contributed by atoms with E-state index in [0.29, 0.717) is 0 Å². The summed E-state index contributed by atoms with van der Waals surface area (Å²) in [6, 6.07) is 21.5. The van der Waals surface area contributed by atoms with Gasteiger partial charge in [0.2, 0.25) is 0 Å². The number of rotatable bonds is 5. The minimum atomic E-state index is 1.03. The summed E-state index contributed by atoms with van der Waals surface area (Å²) in [6.07, 6.45) is 10.3. The van der Waals surface area contributed by atoms with Crippen molar-refractivity contribution in [3.63, 3.8) is 0 Å². The van der Waals surface area contributed by atoms with Crippen molar-refractivity contribution < 1.29 is 0 Å². The molecule has 4 aromatic rings. The topological polar surface area (TPSA) is 21.1 Å². The van der Waals surface area contributed by atoms with Crippen molar-refractivity contribution in [1.29, 1.82) is 0 Å². The van der Waals surface area contributed by atoms with E-state index in [1.807, 2.05) is 12.4 Å². The van der Waals surface area contributed by atoms with E-state index in [-0.39, 0.29) is 0 Å². The van der Waals surface area contributed by atoms with Gasteiger partial charge in [0.25, 0.3) is 0 Å². The summed E-state index contributed by atoms with van der Waals surface area (Å²) in [6.45, 7) is 4.65. The van der Waals surface area contributed by atoms with Gasteiger partial charge in [0.1, 0.15) is 0 Å². The lowest BCUT2D eigenvalue weighted by Crippen LogP contribution is -2.32. The van der Waals surface area contributed by atoms with Crippen molar-refractivity contribution in [3.8, 4) is 22.3 Å². The van der Waals surface area contributed by atoms with Gasteiger partial charge in [-0.05, 0) is 43.6 Å². The first-order valence-electron chi connectivity index (χ1n) is 10.7. The summed E-state index contributed by atoms with van der Waals surface area (Å²) in [5.74, 6) is 0. The van der Waals surface area contributed by atoms with Crippen LogP contribution in [-0.2, 0) is 6.54 Å². The molecular weight excluding hydrogens is 354 g/mol. The Morgan fingerprint density at radius 3 is 2.34 bits per heavy atom. The van der Waals surface area contributed by atoms with E-state index in [1.54, 1.807) is 0 Å². The number of hydrogen-bond donors (Lipinski definition) is 0. The zero-order valence-corrected chi connectivity index (χ0v) is 16.8. The summed E-state index contributed by atoms with van der Waals surface area (Å²) in [7, 11) is 0. The molecule has 3 heteroatoms. The molecule has 1 aliphatic heterocycles. The van der Waals surface area contributed by atoms with Crippen molar-refractivity contribution in [2.45, 2.75) is 25.8 Å². The Kier molecular flexibility index (Phi) is 5.14. The molecule has 1 aliphatic rings. The SMILES string of the molecule is c1ccc(-c2cncc(-c3cn(CCN4CCCCC4)c4ccccc34)c2)cc1. The molecule has 5 rings (SSSR count). The van der Waals surface area contributed by atoms with Crippen molar-refractivity contribution in [3.05, 3.63) is 79.3 Å². The molecule has 0 N–H and O–H groups in total. The molecule has 146 valence electrons. The highest BCUT2D eigenvalue weighted by Crippen LogP contribution is 2.32. The predicted molar refractivity (Wildman–Crippen MR) is 121 cm³/mol. The standard InChI is InChI=1S/C26H27N3/c1-3-9-21(10-4-1)22-17-23(19-27-18-22)25-20-29(26-12-6-5-11-24(25)26)16-15-28-13-7-2-8-14-28/h1,3-6,9-12,17-20H,2,7-8,13-16H2. The van der Waals surface area contributed by atoms with Crippen LogP contribution in [0.3, 0.4) is 0 Å². The average molecular weight is 382 g/mol. The zero-order valence-electron chi connectivity index (χ0n) is 16.8. The van der Waals surface area contributed by atoms with Crippen LogP contribution < -0.4 is 0 Å². The van der Waals surface area contributed by atoms with Crippen LogP contribution in [0.2, 0.25) is 0 Å². The van der Waals surface area contributed by atoms with Crippen LogP contribution in [0.5, 0.6) is 0 Å². The van der Waals surface area contributed by atoms with Crippen molar-refractivity contribution in [2.24, 2.45) is 0 Å². The van der Waals surface area contributed by atoms with Crippen molar-refractivity contribution >= 4 is 10.9 Å². The number of pyridine rings is 1. The largest absolute Gasteiger partial charge is 0.346 e. The second-order valence-corrected chi connectivity index (χ2v) is 7.98. The first kappa shape index (κ1) is 18.1. The quantitative estimate of drug-likeness (QED) is 0.432. The van der Waals surface area contributed by atoms with E-state index >= 15 is 0 Å². The first-order valence-corrected chi connectivity index (χ1v) is 10.7. The third-order valence-electron chi connectivity index (χ3n) is 6.05. The monoisotopic (exact) mass is 381 g/mol. The summed E-state index contributed by atoms with van der Waals surface area (Å²) in [5.41, 5.74) is 6.12. The molecule has 29 heavy (non-hydrogen) atoms. The fraction of sp³-hybridized carbons (Fsp3) is 0.269.